The fourth-order valence-electron chi connectivity index (χ4n) is 9.35. The normalized spacial score (nSPS) is 15.1. The van der Waals surface area contributed by atoms with E-state index in [-0.39, 0.29) is 71.8 Å². The predicted molar refractivity (Wildman–Crippen MR) is 318 cm³/mol. The number of ketones is 3. The fraction of sp³-hybridized carbons (Fsp3) is 0.317. The molecule has 0 amide bonds. The van der Waals surface area contributed by atoms with Crippen molar-refractivity contribution in [2.24, 2.45) is 11.5 Å². The monoisotopic (exact) mass is 1170 g/mol. The highest BCUT2D eigenvalue weighted by atomic mass is 19.4. The Kier molecular flexibility index (Phi) is 21.1. The third-order valence-corrected chi connectivity index (χ3v) is 13.7. The van der Waals surface area contributed by atoms with Gasteiger partial charge >= 0.3 is 12.4 Å². The van der Waals surface area contributed by atoms with Crippen molar-refractivity contribution in [1.82, 2.24) is 35.2 Å². The van der Waals surface area contributed by atoms with Crippen LogP contribution in [0.25, 0.3) is 0 Å². The summed E-state index contributed by atoms with van der Waals surface area (Å²) in [7, 11) is 0. The molecule has 18 nitrogen and oxygen atoms in total. The maximum Gasteiger partial charge on any atom is 0.418 e. The number of pyridine rings is 6. The average Bonchev–Trinajstić information content (AvgIpc) is 1.74. The van der Waals surface area contributed by atoms with Gasteiger partial charge in [0, 0.05) is 63.5 Å². The van der Waals surface area contributed by atoms with E-state index in [1.165, 1.54) is 48.9 Å². The second kappa shape index (κ2) is 28.3. The van der Waals surface area contributed by atoms with E-state index in [2.05, 4.69) is 59.3 Å². The molecule has 1 aliphatic heterocycles. The maximum absolute atomic E-state index is 13.6. The first-order chi connectivity index (χ1) is 40.1. The van der Waals surface area contributed by atoms with Gasteiger partial charge in [0.2, 0.25) is 23.2 Å². The van der Waals surface area contributed by atoms with Crippen LogP contribution in [0.3, 0.4) is 0 Å². The number of nitrogens with zero attached hydrogens (tertiary/aromatic N) is 7. The number of ether oxygens (including phenoxy) is 1. The molecule has 0 spiro atoms. The van der Waals surface area contributed by atoms with Crippen LogP contribution in [0.2, 0.25) is 0 Å². The number of nitrogens with two attached hydrogens (primary N) is 5. The molecule has 24 heteroatoms. The Bertz CT molecular complexity index is 3510. The quantitative estimate of drug-likeness (QED) is 0.0269. The van der Waals surface area contributed by atoms with Crippen molar-refractivity contribution in [3.8, 4) is 17.7 Å². The second-order valence-electron chi connectivity index (χ2n) is 19.9. The molecule has 7 heterocycles. The molecule has 7 aromatic rings. The first kappa shape index (κ1) is 62.5. The van der Waals surface area contributed by atoms with Gasteiger partial charge in [0.05, 0.1) is 38.9 Å². The van der Waals surface area contributed by atoms with E-state index in [4.69, 9.17) is 33.4 Å². The Labute approximate surface area is 488 Å². The van der Waals surface area contributed by atoms with E-state index in [1.807, 2.05) is 35.2 Å². The number of carbonyl (C=O) groups excluding carboxylic acids is 3. The number of aromatic nitrogens is 6. The smallest absolute Gasteiger partial charge is 0.418 e. The first-order valence-electron chi connectivity index (χ1n) is 26.9. The van der Waals surface area contributed by atoms with Gasteiger partial charge in [-0.15, -0.1) is 5.92 Å². The molecule has 12 N–H and O–H groups in total. The highest BCUT2D eigenvalue weighted by molar-refractivity contribution is 6.13. The summed E-state index contributed by atoms with van der Waals surface area (Å²) in [5.74, 6) is 4.22. The standard InChI is InChI=1S/C22H21N5O.C20H24F3N5O.C18H19F3N4O2.5H2/c1-2-7-16-11-12-19(26-14-18(23)15-8-4-3-5-9-15)27-20(16)21(28)17-10-6-13-25-22(17)24;1-2-5-13-12-28(11-4-10-25-13)16-8-7-15(20(21,22)23)17(27-16)18(29)14-6-3-9-26-19(14)24;19-18(20,21)12-5-6-13(27-10-17(23)7-1-2-8-17)25-14(12)15(26)11-4-3-9-24-16(11)22;;;;;/h3-6,8-13,18H,14,23H2,1H3,(H2,24,25)(H,26,27);3,6-9,13,25H,2,4-5,10-12H2,1H3,(H2,24,26);3-6,9H,1-2,7-8,10,23H2,(H2,22,24);5*1H/t18-;;;;;;;/m1......./s1. The topological polar surface area (TPSA) is 295 Å². The average molecular weight is 1170 g/mol. The summed E-state index contributed by atoms with van der Waals surface area (Å²) in [5, 5.41) is 6.64. The van der Waals surface area contributed by atoms with E-state index in [0.717, 1.165) is 75.3 Å². The van der Waals surface area contributed by atoms with Crippen molar-refractivity contribution in [2.75, 3.05) is 60.2 Å². The van der Waals surface area contributed by atoms with Crippen LogP contribution in [0.4, 0.5) is 55.4 Å². The fourth-order valence-corrected chi connectivity index (χ4v) is 9.35. The molecule has 1 saturated carbocycles. The van der Waals surface area contributed by atoms with Crippen LogP contribution in [0.1, 0.15) is 142 Å². The van der Waals surface area contributed by atoms with E-state index in [1.54, 1.807) is 31.2 Å². The highest BCUT2D eigenvalue weighted by Gasteiger charge is 2.39. The molecule has 6 aromatic heterocycles. The molecule has 9 rings (SSSR count). The number of anilines is 5. The molecule has 0 bridgehead atoms. The van der Waals surface area contributed by atoms with Crippen molar-refractivity contribution >= 4 is 46.4 Å². The van der Waals surface area contributed by atoms with Gasteiger partial charge in [0.15, 0.2) is 0 Å². The Balaban J connectivity index is 0.000000443. The number of halogens is 6. The van der Waals surface area contributed by atoms with Gasteiger partial charge in [-0.25, -0.2) is 29.9 Å². The Morgan fingerprint density at radius 1 is 0.726 bits per heavy atom. The molecular weight excluding hydrogens is 1090 g/mol. The zero-order chi connectivity index (χ0) is 60.6. The van der Waals surface area contributed by atoms with Crippen LogP contribution >= 0.6 is 0 Å². The summed E-state index contributed by atoms with van der Waals surface area (Å²) in [6.45, 7) is 6.48. The predicted octanol–water partition coefficient (Wildman–Crippen LogP) is 10.2. The number of nitrogen functional groups attached to an aromatic ring is 3. The summed E-state index contributed by atoms with van der Waals surface area (Å²) < 4.78 is 86.3. The number of rotatable bonds is 16. The number of carbonyl (C=O) groups is 3. The zero-order valence-corrected chi connectivity index (χ0v) is 46.1. The molecule has 2 aliphatic rings. The van der Waals surface area contributed by atoms with Crippen LogP contribution in [0.5, 0.6) is 5.88 Å². The van der Waals surface area contributed by atoms with Crippen LogP contribution < -0.4 is 48.9 Å². The lowest BCUT2D eigenvalue weighted by Gasteiger charge is -2.26. The Morgan fingerprint density at radius 2 is 1.27 bits per heavy atom. The molecule has 1 unspecified atom stereocenters. The van der Waals surface area contributed by atoms with Gasteiger partial charge in [-0.1, -0.05) is 62.4 Å². The molecular formula is C60H74F6N14O4. The van der Waals surface area contributed by atoms with Crippen LogP contribution in [-0.4, -0.2) is 91.6 Å². The first-order valence-corrected chi connectivity index (χ1v) is 26.9. The van der Waals surface area contributed by atoms with Gasteiger partial charge in [-0.3, -0.25) is 14.4 Å². The molecule has 0 radical (unpaired) electrons. The molecule has 2 fully saturated rings. The number of benzene rings is 1. The van der Waals surface area contributed by atoms with Crippen molar-refractivity contribution in [1.29, 1.82) is 0 Å². The summed E-state index contributed by atoms with van der Waals surface area (Å²) in [4.78, 5) is 64.4. The minimum atomic E-state index is -4.76. The van der Waals surface area contributed by atoms with Crippen LogP contribution in [-0.2, 0) is 12.4 Å². The molecule has 450 valence electrons. The van der Waals surface area contributed by atoms with E-state index in [9.17, 15) is 40.7 Å². The lowest BCUT2D eigenvalue weighted by atomic mass is 10.0. The SMILES string of the molecule is CC#Cc1ccc(NC[C@@H](N)c2ccccc2)nc1C(=O)c1cccnc1N.CCCC1CN(c2ccc(C(F)(F)F)c(C(=O)c3cccnc3N)n2)CCCN1.Nc1ncccc1C(=O)c1nc(OCC2(N)CCCC2)ccc1C(F)(F)F.[HH].[HH].[HH].[HH].[HH]. The maximum atomic E-state index is 13.6. The third kappa shape index (κ3) is 16.4. The Hall–Kier alpha value is -9.05. The van der Waals surface area contributed by atoms with Crippen molar-refractivity contribution < 1.29 is 52.6 Å². The van der Waals surface area contributed by atoms with Gasteiger partial charge < -0.3 is 48.9 Å². The van der Waals surface area contributed by atoms with Crippen molar-refractivity contribution in [2.45, 2.75) is 88.8 Å². The van der Waals surface area contributed by atoms with Gasteiger partial charge in [-0.2, -0.15) is 26.3 Å². The lowest BCUT2D eigenvalue weighted by Crippen LogP contribution is -2.42. The molecule has 1 saturated heterocycles. The number of hydrogen-bond acceptors (Lipinski definition) is 18. The minimum Gasteiger partial charge on any atom is -0.476 e. The number of hydrogen-bond donors (Lipinski definition) is 7. The van der Waals surface area contributed by atoms with Gasteiger partial charge in [-0.05, 0) is 111 Å². The van der Waals surface area contributed by atoms with Gasteiger partial charge in [0.1, 0.15) is 52.8 Å². The summed E-state index contributed by atoms with van der Waals surface area (Å²) in [5.41, 5.74) is 27.2. The van der Waals surface area contributed by atoms with E-state index >= 15 is 0 Å². The summed E-state index contributed by atoms with van der Waals surface area (Å²) in [6, 6.07) is 26.3. The van der Waals surface area contributed by atoms with E-state index < -0.39 is 52.0 Å². The molecule has 2 atom stereocenters. The van der Waals surface area contributed by atoms with Gasteiger partial charge in [0.25, 0.3) is 0 Å². The van der Waals surface area contributed by atoms with E-state index in [0.29, 0.717) is 42.4 Å². The largest absolute Gasteiger partial charge is 0.476 e. The Morgan fingerprint density at radius 3 is 1.81 bits per heavy atom. The molecule has 84 heavy (non-hydrogen) atoms. The lowest BCUT2D eigenvalue weighted by molar-refractivity contribution is -0.139. The number of nitrogens with one attached hydrogen (secondary N) is 2. The second-order valence-corrected chi connectivity index (χ2v) is 19.9. The minimum absolute atomic E-state index is 0. The molecule has 1 aliphatic carbocycles. The summed E-state index contributed by atoms with van der Waals surface area (Å²) in [6.07, 6.45) is 1.06. The number of alkyl halides is 6. The summed E-state index contributed by atoms with van der Waals surface area (Å²) >= 11 is 0. The van der Waals surface area contributed by atoms with Crippen LogP contribution in [0, 0.1) is 11.8 Å². The van der Waals surface area contributed by atoms with Crippen LogP contribution in [0.15, 0.2) is 122 Å². The van der Waals surface area contributed by atoms with Crippen molar-refractivity contribution in [3.63, 3.8) is 0 Å². The zero-order valence-electron chi connectivity index (χ0n) is 46.1. The highest BCUT2D eigenvalue weighted by Crippen LogP contribution is 2.36. The third-order valence-electron chi connectivity index (χ3n) is 13.7. The molecule has 1 aromatic carbocycles. The van der Waals surface area contributed by atoms with Crippen molar-refractivity contribution in [3.05, 3.63) is 178 Å².